The number of carbonyl (C=O) groups is 1. The van der Waals surface area contributed by atoms with Crippen molar-refractivity contribution in [2.45, 2.75) is 26.8 Å². The van der Waals surface area contributed by atoms with Crippen LogP contribution in [0.5, 0.6) is 0 Å². The number of aromatic nitrogens is 2. The van der Waals surface area contributed by atoms with Gasteiger partial charge in [0.25, 0.3) is 0 Å². The maximum absolute atomic E-state index is 12.3. The van der Waals surface area contributed by atoms with Gasteiger partial charge in [-0.3, -0.25) is 4.79 Å². The molecule has 0 spiro atoms. The summed E-state index contributed by atoms with van der Waals surface area (Å²) in [5.74, 6) is 0.423. The Balaban J connectivity index is 2.35. The maximum Gasteiger partial charge on any atom is 0.228 e. The summed E-state index contributed by atoms with van der Waals surface area (Å²) >= 11 is 5.96. The van der Waals surface area contributed by atoms with E-state index in [2.05, 4.69) is 11.9 Å². The van der Waals surface area contributed by atoms with Crippen molar-refractivity contribution < 1.29 is 4.79 Å². The Hall–Kier alpha value is -1.61. The van der Waals surface area contributed by atoms with E-state index in [1.165, 1.54) is 0 Å². The molecule has 1 heterocycles. The second-order valence-corrected chi connectivity index (χ2v) is 4.64. The molecule has 0 saturated heterocycles. The van der Waals surface area contributed by atoms with Crippen LogP contribution in [0.15, 0.2) is 30.6 Å². The molecule has 0 aliphatic heterocycles. The van der Waals surface area contributed by atoms with Crippen molar-refractivity contribution in [3.63, 3.8) is 0 Å². The van der Waals surface area contributed by atoms with Crippen molar-refractivity contribution in [3.8, 4) is 0 Å². The van der Waals surface area contributed by atoms with Crippen molar-refractivity contribution in [1.29, 1.82) is 0 Å². The first-order chi connectivity index (χ1) is 8.63. The minimum absolute atomic E-state index is 0.0618. The molecular formula is C14H15ClN2O. The summed E-state index contributed by atoms with van der Waals surface area (Å²) in [5.41, 5.74) is 1.52. The van der Waals surface area contributed by atoms with E-state index < -0.39 is 0 Å². The van der Waals surface area contributed by atoms with Gasteiger partial charge in [0.2, 0.25) is 5.78 Å². The number of nitrogens with zero attached hydrogens (tertiary/aromatic N) is 2. The zero-order chi connectivity index (χ0) is 13.1. The molecule has 0 aliphatic carbocycles. The Morgan fingerprint density at radius 3 is 2.89 bits per heavy atom. The lowest BCUT2D eigenvalue weighted by atomic mass is 10.1. The Kier molecular flexibility index (Phi) is 3.82. The highest BCUT2D eigenvalue weighted by atomic mass is 35.5. The molecule has 0 amide bonds. The number of hydrogen-bond donors (Lipinski definition) is 0. The van der Waals surface area contributed by atoms with E-state index in [1.54, 1.807) is 24.4 Å². The van der Waals surface area contributed by atoms with Gasteiger partial charge in [-0.05, 0) is 37.1 Å². The Bertz CT molecular complexity index is 575. The monoisotopic (exact) mass is 262 g/mol. The molecule has 0 bridgehead atoms. The Morgan fingerprint density at radius 1 is 1.44 bits per heavy atom. The molecule has 0 saturated carbocycles. The molecule has 1 aromatic heterocycles. The minimum atomic E-state index is -0.0618. The first-order valence-electron chi connectivity index (χ1n) is 5.95. The van der Waals surface area contributed by atoms with Crippen molar-refractivity contribution in [2.75, 3.05) is 0 Å². The van der Waals surface area contributed by atoms with E-state index in [9.17, 15) is 4.79 Å². The highest BCUT2D eigenvalue weighted by molar-refractivity contribution is 6.31. The van der Waals surface area contributed by atoms with E-state index in [0.717, 1.165) is 18.5 Å². The molecule has 0 radical (unpaired) electrons. The van der Waals surface area contributed by atoms with Gasteiger partial charge in [0.15, 0.2) is 5.82 Å². The standard InChI is InChI=1S/C14H15ClN2O/c1-3-7-17-8-6-16-14(17)13(18)11-4-5-12(15)10(2)9-11/h4-6,8-9H,3,7H2,1-2H3. The average molecular weight is 263 g/mol. The summed E-state index contributed by atoms with van der Waals surface area (Å²) in [6.07, 6.45) is 4.46. The van der Waals surface area contributed by atoms with Crippen LogP contribution in [0.2, 0.25) is 5.02 Å². The van der Waals surface area contributed by atoms with Crippen molar-refractivity contribution in [1.82, 2.24) is 9.55 Å². The Morgan fingerprint density at radius 2 is 2.22 bits per heavy atom. The molecule has 2 rings (SSSR count). The number of hydrogen-bond acceptors (Lipinski definition) is 2. The van der Waals surface area contributed by atoms with Gasteiger partial charge in [0.1, 0.15) is 0 Å². The van der Waals surface area contributed by atoms with Crippen LogP contribution in [0.3, 0.4) is 0 Å². The smallest absolute Gasteiger partial charge is 0.228 e. The van der Waals surface area contributed by atoms with Crippen molar-refractivity contribution in [2.24, 2.45) is 0 Å². The zero-order valence-corrected chi connectivity index (χ0v) is 11.2. The van der Waals surface area contributed by atoms with Crippen LogP contribution in [0.4, 0.5) is 0 Å². The third kappa shape index (κ3) is 2.46. The molecule has 0 N–H and O–H groups in total. The number of halogens is 1. The average Bonchev–Trinajstić information content (AvgIpc) is 2.80. The van der Waals surface area contributed by atoms with Crippen molar-refractivity contribution in [3.05, 3.63) is 52.6 Å². The molecule has 2 aromatic rings. The second-order valence-electron chi connectivity index (χ2n) is 4.24. The van der Waals surface area contributed by atoms with Crippen LogP contribution in [0.1, 0.15) is 35.1 Å². The summed E-state index contributed by atoms with van der Waals surface area (Å²) in [4.78, 5) is 16.5. The third-order valence-electron chi connectivity index (χ3n) is 2.80. The predicted molar refractivity (Wildman–Crippen MR) is 72.1 cm³/mol. The van der Waals surface area contributed by atoms with E-state index in [4.69, 9.17) is 11.6 Å². The van der Waals surface area contributed by atoms with Crippen LogP contribution in [-0.2, 0) is 6.54 Å². The largest absolute Gasteiger partial charge is 0.328 e. The molecule has 0 atom stereocenters. The lowest BCUT2D eigenvalue weighted by Crippen LogP contribution is -2.11. The zero-order valence-electron chi connectivity index (χ0n) is 10.5. The quantitative estimate of drug-likeness (QED) is 0.791. The first-order valence-corrected chi connectivity index (χ1v) is 6.33. The molecule has 0 fully saturated rings. The lowest BCUT2D eigenvalue weighted by molar-refractivity contribution is 0.102. The molecule has 3 nitrogen and oxygen atoms in total. The normalized spacial score (nSPS) is 10.6. The summed E-state index contributed by atoms with van der Waals surface area (Å²) in [6, 6.07) is 5.29. The topological polar surface area (TPSA) is 34.9 Å². The minimum Gasteiger partial charge on any atom is -0.328 e. The number of aryl methyl sites for hydroxylation is 2. The van der Waals surface area contributed by atoms with Crippen LogP contribution in [0, 0.1) is 6.92 Å². The van der Waals surface area contributed by atoms with Crippen molar-refractivity contribution >= 4 is 17.4 Å². The maximum atomic E-state index is 12.3. The molecule has 1 aromatic carbocycles. The molecule has 0 unspecified atom stereocenters. The molecule has 94 valence electrons. The molecule has 4 heteroatoms. The molecule has 0 aliphatic rings. The van der Waals surface area contributed by atoms with Gasteiger partial charge in [-0.2, -0.15) is 0 Å². The first kappa shape index (κ1) is 12.8. The van der Waals surface area contributed by atoms with E-state index >= 15 is 0 Å². The van der Waals surface area contributed by atoms with Gasteiger partial charge in [-0.15, -0.1) is 0 Å². The lowest BCUT2D eigenvalue weighted by Gasteiger charge is -2.06. The van der Waals surface area contributed by atoms with E-state index in [0.29, 0.717) is 16.4 Å². The summed E-state index contributed by atoms with van der Waals surface area (Å²) in [6.45, 7) is 4.76. The van der Waals surface area contributed by atoms with Crippen LogP contribution in [-0.4, -0.2) is 15.3 Å². The van der Waals surface area contributed by atoms with Gasteiger partial charge in [0.05, 0.1) is 0 Å². The summed E-state index contributed by atoms with van der Waals surface area (Å²) < 4.78 is 1.88. The van der Waals surface area contributed by atoms with E-state index in [-0.39, 0.29) is 5.78 Å². The number of imidazole rings is 1. The summed E-state index contributed by atoms with van der Waals surface area (Å²) in [7, 11) is 0. The second kappa shape index (κ2) is 5.36. The fourth-order valence-corrected chi connectivity index (χ4v) is 1.97. The van der Waals surface area contributed by atoms with Gasteiger partial charge in [-0.1, -0.05) is 18.5 Å². The SMILES string of the molecule is CCCn1ccnc1C(=O)c1ccc(Cl)c(C)c1. The number of rotatable bonds is 4. The fourth-order valence-electron chi connectivity index (χ4n) is 1.85. The molecule has 18 heavy (non-hydrogen) atoms. The number of benzene rings is 1. The van der Waals surface area contributed by atoms with Gasteiger partial charge >= 0.3 is 0 Å². The van der Waals surface area contributed by atoms with E-state index in [1.807, 2.05) is 17.7 Å². The fraction of sp³-hybridized carbons (Fsp3) is 0.286. The van der Waals surface area contributed by atoms with Gasteiger partial charge in [0, 0.05) is 29.5 Å². The number of carbonyl (C=O) groups excluding carboxylic acids is 1. The van der Waals surface area contributed by atoms with Gasteiger partial charge < -0.3 is 4.57 Å². The van der Waals surface area contributed by atoms with Gasteiger partial charge in [-0.25, -0.2) is 4.98 Å². The highest BCUT2D eigenvalue weighted by Gasteiger charge is 2.15. The predicted octanol–water partition coefficient (Wildman–Crippen LogP) is 3.49. The van der Waals surface area contributed by atoms with Crippen LogP contribution < -0.4 is 0 Å². The Labute approximate surface area is 111 Å². The number of ketones is 1. The van der Waals surface area contributed by atoms with Crippen LogP contribution >= 0.6 is 11.6 Å². The van der Waals surface area contributed by atoms with Crippen LogP contribution in [0.25, 0.3) is 0 Å². The molecular weight excluding hydrogens is 248 g/mol. The summed E-state index contributed by atoms with van der Waals surface area (Å²) in [5, 5.41) is 0.670. The highest BCUT2D eigenvalue weighted by Crippen LogP contribution is 2.18. The third-order valence-corrected chi connectivity index (χ3v) is 3.23.